The van der Waals surface area contributed by atoms with Crippen molar-refractivity contribution in [2.75, 3.05) is 5.32 Å². The smallest absolute Gasteiger partial charge is 0.265 e. The molecule has 4 rings (SSSR count). The lowest BCUT2D eigenvalue weighted by Gasteiger charge is -2.12. The van der Waals surface area contributed by atoms with E-state index in [0.717, 1.165) is 17.0 Å². The van der Waals surface area contributed by atoms with Gasteiger partial charge in [-0.3, -0.25) is 9.78 Å². The maximum atomic E-state index is 12.5. The number of anilines is 1. The summed E-state index contributed by atoms with van der Waals surface area (Å²) in [7, 11) is 0. The van der Waals surface area contributed by atoms with Crippen LogP contribution in [-0.4, -0.2) is 17.0 Å². The van der Waals surface area contributed by atoms with Crippen LogP contribution in [0.5, 0.6) is 11.5 Å². The minimum Gasteiger partial charge on any atom is -0.487 e. The minimum atomic E-state index is -0.509. The fraction of sp³-hybridized carbons (Fsp3) is 0.143. The van der Waals surface area contributed by atoms with E-state index in [-0.39, 0.29) is 5.91 Å². The van der Waals surface area contributed by atoms with Crippen LogP contribution in [0.15, 0.2) is 72.9 Å². The van der Waals surface area contributed by atoms with Crippen molar-refractivity contribution in [2.24, 2.45) is 0 Å². The second kappa shape index (κ2) is 7.27. The highest BCUT2D eigenvalue weighted by atomic mass is 16.5. The number of fused-ring (bicyclic) bond motifs is 1. The minimum absolute atomic E-state index is 0.164. The first-order chi connectivity index (χ1) is 12.8. The molecular weight excluding hydrogens is 328 g/mol. The van der Waals surface area contributed by atoms with Gasteiger partial charge in [0.25, 0.3) is 5.91 Å². The van der Waals surface area contributed by atoms with Crippen LogP contribution in [0.2, 0.25) is 0 Å². The van der Waals surface area contributed by atoms with E-state index in [2.05, 4.69) is 10.3 Å². The molecule has 5 nitrogen and oxygen atoms in total. The number of pyridine rings is 1. The number of ether oxygens (including phenoxy) is 2. The molecule has 0 aliphatic carbocycles. The summed E-state index contributed by atoms with van der Waals surface area (Å²) in [5.74, 6) is 1.28. The number of rotatable bonds is 5. The zero-order chi connectivity index (χ0) is 17.8. The third-order valence-electron chi connectivity index (χ3n) is 4.15. The number of benzene rings is 2. The Hall–Kier alpha value is -3.34. The Balaban J connectivity index is 1.37. The Bertz CT molecular complexity index is 887. The van der Waals surface area contributed by atoms with Crippen LogP contribution < -0.4 is 14.8 Å². The molecule has 1 aromatic heterocycles. The van der Waals surface area contributed by atoms with Crippen LogP contribution in [-0.2, 0) is 17.8 Å². The monoisotopic (exact) mass is 346 g/mol. The summed E-state index contributed by atoms with van der Waals surface area (Å²) < 4.78 is 11.5. The summed E-state index contributed by atoms with van der Waals surface area (Å²) in [5, 5.41) is 2.90. The number of carbonyl (C=O) groups excluding carboxylic acids is 1. The van der Waals surface area contributed by atoms with E-state index < -0.39 is 6.10 Å². The van der Waals surface area contributed by atoms with Crippen LogP contribution in [0.1, 0.15) is 11.3 Å². The molecule has 130 valence electrons. The molecule has 2 aromatic carbocycles. The van der Waals surface area contributed by atoms with Crippen LogP contribution in [0.25, 0.3) is 0 Å². The molecule has 3 aromatic rings. The number of aromatic nitrogens is 1. The Morgan fingerprint density at radius 2 is 2.00 bits per heavy atom. The van der Waals surface area contributed by atoms with Crippen molar-refractivity contribution < 1.29 is 14.3 Å². The highest BCUT2D eigenvalue weighted by molar-refractivity contribution is 5.95. The lowest BCUT2D eigenvalue weighted by atomic mass is 10.1. The summed E-state index contributed by atoms with van der Waals surface area (Å²) in [6.45, 7) is 0.374. The first-order valence-electron chi connectivity index (χ1n) is 8.46. The van der Waals surface area contributed by atoms with E-state index in [1.807, 2.05) is 60.7 Å². The van der Waals surface area contributed by atoms with Gasteiger partial charge in [0.1, 0.15) is 18.1 Å². The van der Waals surface area contributed by atoms with E-state index in [0.29, 0.717) is 24.5 Å². The highest BCUT2D eigenvalue weighted by Crippen LogP contribution is 2.29. The van der Waals surface area contributed by atoms with Crippen LogP contribution in [0.4, 0.5) is 5.69 Å². The average Bonchev–Trinajstić information content (AvgIpc) is 3.12. The molecule has 0 radical (unpaired) electrons. The first-order valence-corrected chi connectivity index (χ1v) is 8.46. The van der Waals surface area contributed by atoms with Crippen molar-refractivity contribution in [1.82, 2.24) is 4.98 Å². The lowest BCUT2D eigenvalue weighted by molar-refractivity contribution is -0.122. The molecule has 1 aliphatic rings. The largest absolute Gasteiger partial charge is 0.487 e. The van der Waals surface area contributed by atoms with Gasteiger partial charge in [-0.1, -0.05) is 30.3 Å². The normalized spacial score (nSPS) is 15.0. The standard InChI is InChI=1S/C21H18N2O3/c24-21(20-12-15-6-1-2-10-19(15)26-20)23-16-8-5-9-18(13-16)25-14-17-7-3-4-11-22-17/h1-11,13,20H,12,14H2,(H,23,24)/t20-/m1/s1. The predicted molar refractivity (Wildman–Crippen MR) is 98.2 cm³/mol. The first kappa shape index (κ1) is 16.1. The van der Waals surface area contributed by atoms with Gasteiger partial charge >= 0.3 is 0 Å². The molecular formula is C21H18N2O3. The van der Waals surface area contributed by atoms with Gasteiger partial charge in [0, 0.05) is 24.4 Å². The van der Waals surface area contributed by atoms with E-state index in [9.17, 15) is 4.79 Å². The number of para-hydroxylation sites is 1. The predicted octanol–water partition coefficient (Wildman–Crippen LogP) is 3.60. The summed E-state index contributed by atoms with van der Waals surface area (Å²) in [5.41, 5.74) is 2.58. The van der Waals surface area contributed by atoms with Crippen LogP contribution in [0, 0.1) is 0 Å². The topological polar surface area (TPSA) is 60.5 Å². The number of hydrogen-bond acceptors (Lipinski definition) is 4. The number of carbonyl (C=O) groups is 1. The van der Waals surface area contributed by atoms with Gasteiger partial charge in [0.15, 0.2) is 6.10 Å². The second-order valence-electron chi connectivity index (χ2n) is 6.05. The van der Waals surface area contributed by atoms with Gasteiger partial charge < -0.3 is 14.8 Å². The molecule has 0 fully saturated rings. The third-order valence-corrected chi connectivity index (χ3v) is 4.15. The van der Waals surface area contributed by atoms with E-state index in [4.69, 9.17) is 9.47 Å². The summed E-state index contributed by atoms with van der Waals surface area (Å²) >= 11 is 0. The third kappa shape index (κ3) is 3.67. The SMILES string of the molecule is O=C(Nc1cccc(OCc2ccccn2)c1)[C@H]1Cc2ccccc2O1. The number of nitrogens with zero attached hydrogens (tertiary/aromatic N) is 1. The molecule has 0 spiro atoms. The zero-order valence-electron chi connectivity index (χ0n) is 14.1. The van der Waals surface area contributed by atoms with E-state index in [1.54, 1.807) is 12.3 Å². The van der Waals surface area contributed by atoms with Crippen molar-refractivity contribution in [3.8, 4) is 11.5 Å². The van der Waals surface area contributed by atoms with Crippen molar-refractivity contribution in [1.29, 1.82) is 0 Å². The van der Waals surface area contributed by atoms with Crippen LogP contribution in [0.3, 0.4) is 0 Å². The second-order valence-corrected chi connectivity index (χ2v) is 6.05. The molecule has 0 saturated heterocycles. The molecule has 1 amide bonds. The molecule has 26 heavy (non-hydrogen) atoms. The van der Waals surface area contributed by atoms with Crippen molar-refractivity contribution in [3.05, 3.63) is 84.2 Å². The fourth-order valence-electron chi connectivity index (χ4n) is 2.86. The van der Waals surface area contributed by atoms with Crippen molar-refractivity contribution in [2.45, 2.75) is 19.1 Å². The van der Waals surface area contributed by atoms with Gasteiger partial charge in [0.05, 0.1) is 5.69 Å². The molecule has 1 atom stereocenters. The Labute approximate surface area is 151 Å². The number of amides is 1. The van der Waals surface area contributed by atoms with Gasteiger partial charge in [-0.2, -0.15) is 0 Å². The molecule has 1 N–H and O–H groups in total. The summed E-state index contributed by atoms with van der Waals surface area (Å²) in [4.78, 5) is 16.7. The maximum absolute atomic E-state index is 12.5. The van der Waals surface area contributed by atoms with Gasteiger partial charge in [-0.25, -0.2) is 0 Å². The van der Waals surface area contributed by atoms with E-state index >= 15 is 0 Å². The maximum Gasteiger partial charge on any atom is 0.265 e. The molecule has 2 heterocycles. The van der Waals surface area contributed by atoms with E-state index in [1.165, 1.54) is 0 Å². The zero-order valence-corrected chi connectivity index (χ0v) is 14.1. The lowest BCUT2D eigenvalue weighted by Crippen LogP contribution is -2.31. The van der Waals surface area contributed by atoms with Crippen LogP contribution >= 0.6 is 0 Å². The molecule has 1 aliphatic heterocycles. The average molecular weight is 346 g/mol. The van der Waals surface area contributed by atoms with Crippen molar-refractivity contribution in [3.63, 3.8) is 0 Å². The molecule has 0 bridgehead atoms. The molecule has 0 saturated carbocycles. The van der Waals surface area contributed by atoms with Gasteiger partial charge in [0.2, 0.25) is 0 Å². The van der Waals surface area contributed by atoms with Gasteiger partial charge in [-0.05, 0) is 35.9 Å². The Morgan fingerprint density at radius 3 is 2.85 bits per heavy atom. The quantitative estimate of drug-likeness (QED) is 0.767. The number of hydrogen-bond donors (Lipinski definition) is 1. The van der Waals surface area contributed by atoms with Crippen molar-refractivity contribution >= 4 is 11.6 Å². The number of nitrogens with one attached hydrogen (secondary N) is 1. The highest BCUT2D eigenvalue weighted by Gasteiger charge is 2.28. The summed E-state index contributed by atoms with van der Waals surface area (Å²) in [6, 6.07) is 20.7. The summed E-state index contributed by atoms with van der Waals surface area (Å²) in [6.07, 6.45) is 1.80. The Morgan fingerprint density at radius 1 is 1.12 bits per heavy atom. The molecule has 5 heteroatoms. The molecule has 0 unspecified atom stereocenters. The Kier molecular flexibility index (Phi) is 4.51. The fourth-order valence-corrected chi connectivity index (χ4v) is 2.86. The van der Waals surface area contributed by atoms with Gasteiger partial charge in [-0.15, -0.1) is 0 Å².